The second-order valence-electron chi connectivity index (χ2n) is 5.49. The minimum absolute atomic E-state index is 0.0108. The van der Waals surface area contributed by atoms with Crippen LogP contribution in [0.2, 0.25) is 0 Å². The Morgan fingerprint density at radius 1 is 1.26 bits per heavy atom. The van der Waals surface area contributed by atoms with E-state index in [0.29, 0.717) is 12.4 Å². The van der Waals surface area contributed by atoms with Crippen molar-refractivity contribution in [1.82, 2.24) is 19.9 Å². The number of carbonyl (C=O) groups excluding carboxylic acids is 1. The second-order valence-corrected chi connectivity index (χ2v) is 5.76. The molecule has 0 aromatic carbocycles. The lowest BCUT2D eigenvalue weighted by molar-refractivity contribution is -0.130. The molecule has 0 radical (unpaired) electrons. The van der Waals surface area contributed by atoms with Gasteiger partial charge in [-0.25, -0.2) is 15.0 Å². The summed E-state index contributed by atoms with van der Waals surface area (Å²) in [4.78, 5) is 28.7. The number of aromatic nitrogens is 3. The zero-order valence-corrected chi connectivity index (χ0v) is 13.6. The summed E-state index contributed by atoms with van der Waals surface area (Å²) in [5, 5.41) is 0. The van der Waals surface area contributed by atoms with Gasteiger partial charge in [0.2, 0.25) is 5.91 Å². The van der Waals surface area contributed by atoms with E-state index in [-0.39, 0.29) is 17.8 Å². The Morgan fingerprint density at radius 3 is 2.65 bits per heavy atom. The molecule has 0 aliphatic carbocycles. The molecule has 1 amide bonds. The van der Waals surface area contributed by atoms with Gasteiger partial charge in [-0.3, -0.25) is 4.79 Å². The van der Waals surface area contributed by atoms with E-state index in [1.165, 1.54) is 0 Å². The van der Waals surface area contributed by atoms with Crippen LogP contribution in [0, 0.1) is 0 Å². The highest BCUT2D eigenvalue weighted by Gasteiger charge is 2.27. The maximum Gasteiger partial charge on any atom is 0.237 e. The number of hydrogen-bond acceptors (Lipinski definition) is 5. The Balaban J connectivity index is 1.70. The number of hydrogen-bond donors (Lipinski definition) is 0. The van der Waals surface area contributed by atoms with Crippen molar-refractivity contribution >= 4 is 23.3 Å². The smallest absolute Gasteiger partial charge is 0.237 e. The zero-order chi connectivity index (χ0) is 16.2. The van der Waals surface area contributed by atoms with Gasteiger partial charge in [0.05, 0.1) is 0 Å². The number of amides is 1. The third-order valence-corrected chi connectivity index (χ3v) is 4.19. The van der Waals surface area contributed by atoms with E-state index < -0.39 is 0 Å². The summed E-state index contributed by atoms with van der Waals surface area (Å²) in [7, 11) is 0. The molecule has 0 saturated carbocycles. The number of rotatable bonds is 3. The molecular weight excluding hydrogens is 314 g/mol. The fourth-order valence-corrected chi connectivity index (χ4v) is 2.92. The van der Waals surface area contributed by atoms with Crippen LogP contribution in [0.25, 0.3) is 11.4 Å². The second kappa shape index (κ2) is 6.91. The molecule has 1 fully saturated rings. The first kappa shape index (κ1) is 15.7. The van der Waals surface area contributed by atoms with Gasteiger partial charge in [0.15, 0.2) is 5.82 Å². The van der Waals surface area contributed by atoms with E-state index in [0.717, 1.165) is 24.5 Å². The molecular formula is C16H18ClN5O. The van der Waals surface area contributed by atoms with Crippen LogP contribution in [-0.2, 0) is 4.79 Å². The van der Waals surface area contributed by atoms with Gasteiger partial charge in [-0.2, -0.15) is 0 Å². The summed E-state index contributed by atoms with van der Waals surface area (Å²) in [5.74, 6) is 1.59. The Hall–Kier alpha value is -2.21. The summed E-state index contributed by atoms with van der Waals surface area (Å²) in [5.41, 5.74) is 0.887. The fourth-order valence-electron chi connectivity index (χ4n) is 2.77. The molecule has 0 N–H and O–H groups in total. The van der Waals surface area contributed by atoms with Crippen molar-refractivity contribution in [3.8, 4) is 11.4 Å². The van der Waals surface area contributed by atoms with Crippen LogP contribution in [0.4, 0.5) is 5.82 Å². The number of alkyl halides is 1. The van der Waals surface area contributed by atoms with Crippen LogP contribution in [0.1, 0.15) is 6.92 Å². The molecule has 1 atom stereocenters. The molecule has 0 bridgehead atoms. The highest BCUT2D eigenvalue weighted by molar-refractivity contribution is 6.27. The van der Waals surface area contributed by atoms with Gasteiger partial charge in [0.1, 0.15) is 11.7 Å². The minimum Gasteiger partial charge on any atom is -0.353 e. The third-order valence-electron chi connectivity index (χ3n) is 3.96. The predicted octanol–water partition coefficient (Wildman–Crippen LogP) is 1.81. The normalized spacial score (nSPS) is 18.1. The predicted molar refractivity (Wildman–Crippen MR) is 89.4 cm³/mol. The zero-order valence-electron chi connectivity index (χ0n) is 12.9. The summed E-state index contributed by atoms with van der Waals surface area (Å²) in [6.07, 6.45) is 5.21. The first-order chi connectivity index (χ1) is 11.2. The number of anilines is 1. The highest BCUT2D eigenvalue weighted by Crippen LogP contribution is 2.20. The topological polar surface area (TPSA) is 62.2 Å². The van der Waals surface area contributed by atoms with Crippen molar-refractivity contribution in [3.63, 3.8) is 0 Å². The van der Waals surface area contributed by atoms with Gasteiger partial charge in [0.25, 0.3) is 0 Å². The van der Waals surface area contributed by atoms with Crippen LogP contribution < -0.4 is 4.90 Å². The molecule has 7 heteroatoms. The van der Waals surface area contributed by atoms with E-state index in [2.05, 4.69) is 19.9 Å². The van der Waals surface area contributed by atoms with Crippen molar-refractivity contribution in [2.45, 2.75) is 13.0 Å². The Labute approximate surface area is 140 Å². The monoisotopic (exact) mass is 331 g/mol. The maximum absolute atomic E-state index is 11.8. The summed E-state index contributed by atoms with van der Waals surface area (Å²) in [6.45, 7) is 4.19. The van der Waals surface area contributed by atoms with Gasteiger partial charge in [-0.1, -0.05) is 0 Å². The number of pyridine rings is 1. The molecule has 3 heterocycles. The molecule has 120 valence electrons. The van der Waals surface area contributed by atoms with Crippen LogP contribution in [0.5, 0.6) is 0 Å². The van der Waals surface area contributed by atoms with Crippen LogP contribution in [0.15, 0.2) is 36.8 Å². The number of halogens is 1. The molecule has 1 aliphatic rings. The molecule has 23 heavy (non-hydrogen) atoms. The van der Waals surface area contributed by atoms with E-state index >= 15 is 0 Å². The van der Waals surface area contributed by atoms with Crippen LogP contribution >= 0.6 is 11.6 Å². The third kappa shape index (κ3) is 3.42. The first-order valence-corrected chi connectivity index (χ1v) is 8.06. The van der Waals surface area contributed by atoms with E-state index in [1.54, 1.807) is 24.7 Å². The minimum atomic E-state index is -0.0108. The Bertz CT molecular complexity index is 664. The van der Waals surface area contributed by atoms with Crippen molar-refractivity contribution in [2.24, 2.45) is 0 Å². The SMILES string of the molecule is C[C@@H]1CN(c2ccc(-c3ncccn3)cn2)CCN1C(=O)CCl. The standard InChI is InChI=1S/C16H18ClN5O/c1-12-11-21(7-8-22(12)15(23)9-17)14-4-3-13(10-20-14)16-18-5-2-6-19-16/h2-6,10,12H,7-9,11H2,1H3/t12-/m1/s1. The van der Waals surface area contributed by atoms with Gasteiger partial charge >= 0.3 is 0 Å². The molecule has 6 nitrogen and oxygen atoms in total. The van der Waals surface area contributed by atoms with Crippen molar-refractivity contribution in [3.05, 3.63) is 36.8 Å². The first-order valence-electron chi connectivity index (χ1n) is 7.53. The number of carbonyl (C=O) groups is 1. The van der Waals surface area contributed by atoms with Crippen molar-refractivity contribution in [2.75, 3.05) is 30.4 Å². The average Bonchev–Trinajstić information content (AvgIpc) is 2.62. The quantitative estimate of drug-likeness (QED) is 0.803. The molecule has 2 aromatic heterocycles. The molecule has 1 saturated heterocycles. The molecule has 2 aromatic rings. The highest BCUT2D eigenvalue weighted by atomic mass is 35.5. The lowest BCUT2D eigenvalue weighted by atomic mass is 10.2. The van der Waals surface area contributed by atoms with Gasteiger partial charge in [-0.15, -0.1) is 11.6 Å². The van der Waals surface area contributed by atoms with Crippen molar-refractivity contribution < 1.29 is 4.79 Å². The summed E-state index contributed by atoms with van der Waals surface area (Å²) < 4.78 is 0. The Morgan fingerprint density at radius 2 is 2.04 bits per heavy atom. The molecule has 3 rings (SSSR count). The fraction of sp³-hybridized carbons (Fsp3) is 0.375. The van der Waals surface area contributed by atoms with Gasteiger partial charge in [0, 0.05) is 49.8 Å². The molecule has 1 aliphatic heterocycles. The van der Waals surface area contributed by atoms with E-state index in [9.17, 15) is 4.79 Å². The Kier molecular flexibility index (Phi) is 4.71. The number of piperazine rings is 1. The van der Waals surface area contributed by atoms with Crippen LogP contribution in [0.3, 0.4) is 0 Å². The van der Waals surface area contributed by atoms with Gasteiger partial charge in [-0.05, 0) is 25.1 Å². The average molecular weight is 332 g/mol. The molecule has 0 spiro atoms. The lowest BCUT2D eigenvalue weighted by Gasteiger charge is -2.40. The molecule has 0 unspecified atom stereocenters. The maximum atomic E-state index is 11.8. The van der Waals surface area contributed by atoms with Gasteiger partial charge < -0.3 is 9.80 Å². The van der Waals surface area contributed by atoms with Crippen molar-refractivity contribution in [1.29, 1.82) is 0 Å². The largest absolute Gasteiger partial charge is 0.353 e. The van der Waals surface area contributed by atoms with Crippen LogP contribution in [-0.4, -0.2) is 57.3 Å². The number of nitrogens with zero attached hydrogens (tertiary/aromatic N) is 5. The van der Waals surface area contributed by atoms with E-state index in [1.807, 2.05) is 24.0 Å². The summed E-state index contributed by atoms with van der Waals surface area (Å²) in [6, 6.07) is 5.85. The lowest BCUT2D eigenvalue weighted by Crippen LogP contribution is -2.54. The summed E-state index contributed by atoms with van der Waals surface area (Å²) >= 11 is 5.65. The van der Waals surface area contributed by atoms with E-state index in [4.69, 9.17) is 11.6 Å².